The molecule has 208 valence electrons. The number of aromatic nitrogens is 2. The normalized spacial score (nSPS) is 16.8. The minimum atomic E-state index is -0.582. The van der Waals surface area contributed by atoms with Crippen LogP contribution in [-0.4, -0.2) is 54.1 Å². The van der Waals surface area contributed by atoms with E-state index in [2.05, 4.69) is 42.2 Å². The number of nitrogens with two attached hydrogens (primary N) is 1. The van der Waals surface area contributed by atoms with Crippen molar-refractivity contribution in [3.63, 3.8) is 0 Å². The highest BCUT2D eigenvalue weighted by Crippen LogP contribution is 2.47. The van der Waals surface area contributed by atoms with Crippen molar-refractivity contribution in [2.75, 3.05) is 32.9 Å². The third kappa shape index (κ3) is 5.46. The second kappa shape index (κ2) is 11.7. The Balaban J connectivity index is 1.53. The third-order valence-corrected chi connectivity index (χ3v) is 6.89. The molecule has 0 bridgehead atoms. The monoisotopic (exact) mass is 543 g/mol. The molecule has 1 fully saturated rings. The topological polar surface area (TPSA) is 136 Å². The lowest BCUT2D eigenvalue weighted by atomic mass is 9.82. The van der Waals surface area contributed by atoms with Crippen LogP contribution in [0.25, 0.3) is 11.3 Å². The Kier molecular flexibility index (Phi) is 7.94. The fourth-order valence-corrected chi connectivity index (χ4v) is 5.04. The first-order valence-corrected chi connectivity index (χ1v) is 13.5. The molecule has 10 nitrogen and oxygen atoms in total. The molecule has 0 spiro atoms. The molecule has 1 saturated heterocycles. The molecule has 3 N–H and O–H groups in total. The Morgan fingerprint density at radius 3 is 2.62 bits per heavy atom. The van der Waals surface area contributed by atoms with E-state index in [9.17, 15) is 10.1 Å². The molecule has 0 saturated carbocycles. The number of morpholine rings is 1. The van der Waals surface area contributed by atoms with Crippen LogP contribution in [-0.2, 0) is 11.2 Å². The van der Waals surface area contributed by atoms with Gasteiger partial charge in [-0.25, -0.2) is 4.79 Å². The van der Waals surface area contributed by atoms with Crippen LogP contribution in [0.3, 0.4) is 0 Å². The number of nitriles is 1. The summed E-state index contributed by atoms with van der Waals surface area (Å²) in [5, 5.41) is 17.6. The summed E-state index contributed by atoms with van der Waals surface area (Å²) in [4.78, 5) is 14.4. The molecule has 0 aliphatic carbocycles. The summed E-state index contributed by atoms with van der Waals surface area (Å²) in [6.45, 7) is 8.44. The number of hydrogen-bond acceptors (Lipinski definition) is 8. The van der Waals surface area contributed by atoms with E-state index in [1.54, 1.807) is 23.1 Å². The largest absolute Gasteiger partial charge is 0.490 e. The smallest absolute Gasteiger partial charge is 0.415 e. The van der Waals surface area contributed by atoms with Gasteiger partial charge in [0, 0.05) is 18.7 Å². The summed E-state index contributed by atoms with van der Waals surface area (Å²) in [5.74, 6) is 0.938. The van der Waals surface area contributed by atoms with Crippen molar-refractivity contribution >= 4 is 6.09 Å². The van der Waals surface area contributed by atoms with E-state index >= 15 is 0 Å². The van der Waals surface area contributed by atoms with E-state index in [1.165, 1.54) is 5.56 Å². The van der Waals surface area contributed by atoms with E-state index in [1.807, 2.05) is 19.1 Å². The lowest BCUT2D eigenvalue weighted by molar-refractivity contribution is 0.0413. The fraction of sp³-hybridized carbons (Fsp3) is 0.367. The average molecular weight is 544 g/mol. The minimum Gasteiger partial charge on any atom is -0.490 e. The molecular formula is C30H33N5O5. The predicted molar refractivity (Wildman–Crippen MR) is 148 cm³/mol. The number of ether oxygens (including phenoxy) is 4. The molecule has 0 unspecified atom stereocenters. The van der Waals surface area contributed by atoms with Gasteiger partial charge in [-0.1, -0.05) is 44.2 Å². The van der Waals surface area contributed by atoms with Gasteiger partial charge in [-0.2, -0.15) is 5.26 Å². The van der Waals surface area contributed by atoms with Crippen LogP contribution in [0.15, 0.2) is 53.9 Å². The Morgan fingerprint density at radius 2 is 1.95 bits per heavy atom. The van der Waals surface area contributed by atoms with Crippen LogP contribution in [0, 0.1) is 17.2 Å². The molecule has 40 heavy (non-hydrogen) atoms. The lowest BCUT2D eigenvalue weighted by Gasteiger charge is -2.27. The molecule has 3 aromatic rings. The van der Waals surface area contributed by atoms with Gasteiger partial charge in [0.15, 0.2) is 11.5 Å². The van der Waals surface area contributed by atoms with E-state index in [-0.39, 0.29) is 17.2 Å². The first-order chi connectivity index (χ1) is 19.4. The van der Waals surface area contributed by atoms with Gasteiger partial charge in [0.05, 0.1) is 37.0 Å². The highest BCUT2D eigenvalue weighted by Gasteiger charge is 2.36. The molecule has 1 amide bonds. The third-order valence-electron chi connectivity index (χ3n) is 6.89. The van der Waals surface area contributed by atoms with Crippen molar-refractivity contribution in [1.29, 1.82) is 5.26 Å². The van der Waals surface area contributed by atoms with Crippen LogP contribution in [0.2, 0.25) is 0 Å². The number of amides is 1. The van der Waals surface area contributed by atoms with Crippen LogP contribution in [0.4, 0.5) is 4.79 Å². The van der Waals surface area contributed by atoms with Crippen LogP contribution < -0.4 is 19.9 Å². The summed E-state index contributed by atoms with van der Waals surface area (Å²) in [7, 11) is 0. The first kappa shape index (κ1) is 27.1. The van der Waals surface area contributed by atoms with Gasteiger partial charge in [0.2, 0.25) is 11.8 Å². The van der Waals surface area contributed by atoms with E-state index < -0.39 is 12.0 Å². The Hall–Kier alpha value is -4.49. The number of benzene rings is 2. The molecule has 2 aliphatic heterocycles. The van der Waals surface area contributed by atoms with Crippen molar-refractivity contribution < 1.29 is 23.7 Å². The second-order valence-electron chi connectivity index (χ2n) is 10.1. The van der Waals surface area contributed by atoms with Crippen molar-refractivity contribution in [1.82, 2.24) is 15.1 Å². The number of aromatic amines is 1. The molecule has 1 atom stereocenters. The number of hydrogen-bond donors (Lipinski definition) is 2. The number of nitrogens with one attached hydrogen (secondary N) is 1. The van der Waals surface area contributed by atoms with Crippen molar-refractivity contribution in [2.45, 2.75) is 33.1 Å². The lowest BCUT2D eigenvalue weighted by Crippen LogP contribution is -2.42. The van der Waals surface area contributed by atoms with Gasteiger partial charge < -0.3 is 29.6 Å². The van der Waals surface area contributed by atoms with Crippen LogP contribution in [0.5, 0.6) is 17.4 Å². The summed E-state index contributed by atoms with van der Waals surface area (Å²) >= 11 is 0. The van der Waals surface area contributed by atoms with Gasteiger partial charge in [0.1, 0.15) is 11.6 Å². The molecular weight excluding hydrogens is 510 g/mol. The quantitative estimate of drug-likeness (QED) is 0.437. The zero-order valence-corrected chi connectivity index (χ0v) is 22.9. The second-order valence-corrected chi connectivity index (χ2v) is 10.1. The number of H-pyrrole nitrogens is 1. The number of carbonyl (C=O) groups excluding carboxylic acids is 1. The predicted octanol–water partition coefficient (Wildman–Crippen LogP) is 4.72. The first-order valence-electron chi connectivity index (χ1n) is 13.5. The molecule has 2 aromatic carbocycles. The molecule has 5 rings (SSSR count). The molecule has 2 aliphatic rings. The number of allylic oxidation sites excluding steroid dienone is 1. The summed E-state index contributed by atoms with van der Waals surface area (Å²) in [6.07, 6.45) is 0.512. The van der Waals surface area contributed by atoms with Crippen molar-refractivity contribution in [3.8, 4) is 34.7 Å². The van der Waals surface area contributed by atoms with Crippen molar-refractivity contribution in [2.24, 2.45) is 11.7 Å². The van der Waals surface area contributed by atoms with Gasteiger partial charge in [-0.05, 0) is 42.5 Å². The highest BCUT2D eigenvalue weighted by atomic mass is 16.6. The van der Waals surface area contributed by atoms with Gasteiger partial charge in [-0.15, -0.1) is 5.10 Å². The van der Waals surface area contributed by atoms with E-state index in [0.29, 0.717) is 56.0 Å². The van der Waals surface area contributed by atoms with Crippen molar-refractivity contribution in [3.05, 3.63) is 70.6 Å². The number of rotatable bonds is 7. The molecule has 0 radical (unpaired) electrons. The number of carbonyl (C=O) groups is 1. The average Bonchev–Trinajstić information content (AvgIpc) is 3.37. The molecule has 1 aromatic heterocycles. The fourth-order valence-electron chi connectivity index (χ4n) is 5.04. The maximum Gasteiger partial charge on any atom is 0.415 e. The highest BCUT2D eigenvalue weighted by molar-refractivity contribution is 5.73. The van der Waals surface area contributed by atoms with Gasteiger partial charge in [0.25, 0.3) is 0 Å². The maximum atomic E-state index is 12.8. The Labute approximate surface area is 233 Å². The van der Waals surface area contributed by atoms with Gasteiger partial charge >= 0.3 is 6.09 Å². The van der Waals surface area contributed by atoms with E-state index in [4.69, 9.17) is 24.7 Å². The summed E-state index contributed by atoms with van der Waals surface area (Å²) < 4.78 is 22.7. The summed E-state index contributed by atoms with van der Waals surface area (Å²) in [6, 6.07) is 15.8. The minimum absolute atomic E-state index is 0.00823. The van der Waals surface area contributed by atoms with Crippen LogP contribution in [0.1, 0.15) is 43.4 Å². The standard InChI is InChI=1S/C30H33N5O5/c1-4-38-24-16-21(9-10-23(24)39-30(36)35-11-13-37-14-12-35)25-22(17-31)28(32)40-29-26(25)27(33-34-29)20-7-5-19(6-8-20)15-18(2)3/h5-10,16,18,25H,4,11-15,32H2,1-3H3,(H,33,34)/t25-/m0/s1. The summed E-state index contributed by atoms with van der Waals surface area (Å²) in [5.41, 5.74) is 10.7. The Morgan fingerprint density at radius 1 is 1.20 bits per heavy atom. The van der Waals surface area contributed by atoms with Gasteiger partial charge in [-0.3, -0.25) is 5.10 Å². The molecule has 3 heterocycles. The SMILES string of the molecule is CCOc1cc([C@H]2C(C#N)=C(N)Oc3n[nH]c(-c4ccc(CC(C)C)cc4)c32)ccc1OC(=O)N1CCOCC1. The maximum absolute atomic E-state index is 12.8. The number of fused-ring (bicyclic) bond motifs is 1. The zero-order chi connectivity index (χ0) is 28.2. The number of nitrogens with zero attached hydrogens (tertiary/aromatic N) is 3. The van der Waals surface area contributed by atoms with E-state index in [0.717, 1.165) is 23.2 Å². The zero-order valence-electron chi connectivity index (χ0n) is 22.9. The molecule has 10 heteroatoms. The Bertz CT molecular complexity index is 1450. The van der Waals surface area contributed by atoms with Crippen LogP contribution >= 0.6 is 0 Å².